The van der Waals surface area contributed by atoms with E-state index in [9.17, 15) is 14.7 Å². The van der Waals surface area contributed by atoms with Gasteiger partial charge in [0.05, 0.1) is 30.7 Å². The molecule has 2 heterocycles. The Hall–Kier alpha value is -2.59. The number of nitrogens with one attached hydrogen (secondary N) is 1. The number of ether oxygens (including phenoxy) is 2. The van der Waals surface area contributed by atoms with Gasteiger partial charge in [0, 0.05) is 20.2 Å². The van der Waals surface area contributed by atoms with Crippen molar-refractivity contribution in [2.45, 2.75) is 46.1 Å². The number of aliphatic hydroxyl groups excluding tert-OH is 1. The van der Waals surface area contributed by atoms with Gasteiger partial charge in [0.25, 0.3) is 5.56 Å². The number of aromatic amines is 1. The Bertz CT molecular complexity index is 1110. The fraction of sp³-hybridized carbons (Fsp3) is 0.435. The summed E-state index contributed by atoms with van der Waals surface area (Å²) in [7, 11) is 1.54. The number of carbonyl (C=O) groups is 1. The second kappa shape index (κ2) is 10.8. The van der Waals surface area contributed by atoms with Crippen LogP contribution in [0.1, 0.15) is 40.5 Å². The van der Waals surface area contributed by atoms with Gasteiger partial charge in [-0.3, -0.25) is 9.69 Å². The van der Waals surface area contributed by atoms with E-state index in [-0.39, 0.29) is 18.3 Å². The van der Waals surface area contributed by atoms with Crippen LogP contribution in [0.2, 0.25) is 0 Å². The van der Waals surface area contributed by atoms with E-state index in [1.807, 2.05) is 35.2 Å². The van der Waals surface area contributed by atoms with Gasteiger partial charge in [0.1, 0.15) is 15.5 Å². The van der Waals surface area contributed by atoms with Gasteiger partial charge < -0.3 is 19.6 Å². The minimum absolute atomic E-state index is 0.208. The lowest BCUT2D eigenvalue weighted by Crippen LogP contribution is -2.35. The van der Waals surface area contributed by atoms with Crippen LogP contribution in [0.3, 0.4) is 0 Å². The van der Waals surface area contributed by atoms with Gasteiger partial charge in [0.15, 0.2) is 0 Å². The van der Waals surface area contributed by atoms with Crippen molar-refractivity contribution in [1.29, 1.82) is 0 Å². The number of fused-ring (bicyclic) bond motifs is 1. The van der Waals surface area contributed by atoms with Crippen LogP contribution in [0.4, 0.5) is 0 Å². The number of aryl methyl sites for hydroxylation is 1. The smallest absolute Gasteiger partial charge is 0.348 e. The lowest BCUT2D eigenvalue weighted by atomic mass is 10.2. The number of methoxy groups -OCH3 is 1. The molecule has 172 valence electrons. The van der Waals surface area contributed by atoms with Crippen LogP contribution >= 0.6 is 11.3 Å². The minimum Gasteiger partial charge on any atom is -0.459 e. The number of nitrogens with zero attached hydrogens (tertiary/aromatic N) is 2. The molecule has 0 spiro atoms. The number of thiophene rings is 1. The van der Waals surface area contributed by atoms with Crippen molar-refractivity contribution in [3.63, 3.8) is 0 Å². The van der Waals surface area contributed by atoms with E-state index in [0.717, 1.165) is 16.9 Å². The van der Waals surface area contributed by atoms with Crippen LogP contribution in [0.15, 0.2) is 35.1 Å². The maximum Gasteiger partial charge on any atom is 0.348 e. The zero-order chi connectivity index (χ0) is 23.3. The molecule has 0 saturated heterocycles. The second-order valence-electron chi connectivity index (χ2n) is 7.97. The summed E-state index contributed by atoms with van der Waals surface area (Å²) in [6.45, 7) is 6.74. The zero-order valence-corrected chi connectivity index (χ0v) is 19.6. The molecule has 0 aliphatic carbocycles. The van der Waals surface area contributed by atoms with Crippen LogP contribution in [0.5, 0.6) is 0 Å². The van der Waals surface area contributed by atoms with Crippen molar-refractivity contribution in [3.05, 3.63) is 62.5 Å². The first kappa shape index (κ1) is 24.1. The first-order chi connectivity index (χ1) is 15.3. The molecule has 8 nitrogen and oxygen atoms in total. The Kier molecular flexibility index (Phi) is 8.14. The normalized spacial score (nSPS) is 12.6. The number of benzene rings is 1. The third-order valence-corrected chi connectivity index (χ3v) is 5.99. The summed E-state index contributed by atoms with van der Waals surface area (Å²) >= 11 is 1.16. The average Bonchev–Trinajstić information content (AvgIpc) is 3.05. The lowest BCUT2D eigenvalue weighted by Gasteiger charge is -2.24. The van der Waals surface area contributed by atoms with Gasteiger partial charge >= 0.3 is 5.97 Å². The number of rotatable bonds is 10. The summed E-state index contributed by atoms with van der Waals surface area (Å²) in [5, 5.41) is 10.7. The van der Waals surface area contributed by atoms with Crippen molar-refractivity contribution in [3.8, 4) is 0 Å². The monoisotopic (exact) mass is 459 g/mol. The average molecular weight is 460 g/mol. The molecule has 0 fully saturated rings. The van der Waals surface area contributed by atoms with Crippen LogP contribution in [0.25, 0.3) is 10.2 Å². The molecule has 0 aliphatic heterocycles. The molecule has 1 atom stereocenters. The van der Waals surface area contributed by atoms with Gasteiger partial charge in [-0.2, -0.15) is 0 Å². The fourth-order valence-electron chi connectivity index (χ4n) is 3.51. The van der Waals surface area contributed by atoms with Crippen LogP contribution in [-0.2, 0) is 22.6 Å². The molecule has 2 N–H and O–H groups in total. The Balaban J connectivity index is 1.89. The molecule has 0 aliphatic rings. The predicted molar refractivity (Wildman–Crippen MR) is 124 cm³/mol. The second-order valence-corrected chi connectivity index (χ2v) is 8.97. The topological polar surface area (TPSA) is 105 Å². The first-order valence-corrected chi connectivity index (χ1v) is 11.3. The lowest BCUT2D eigenvalue weighted by molar-refractivity contribution is 0.0332. The van der Waals surface area contributed by atoms with Gasteiger partial charge in [0.2, 0.25) is 0 Å². The first-order valence-electron chi connectivity index (χ1n) is 10.4. The number of hydrogen-bond acceptors (Lipinski definition) is 8. The van der Waals surface area contributed by atoms with Crippen LogP contribution in [-0.4, -0.2) is 58.4 Å². The van der Waals surface area contributed by atoms with E-state index < -0.39 is 12.1 Å². The molecule has 0 amide bonds. The zero-order valence-electron chi connectivity index (χ0n) is 18.8. The molecule has 0 radical (unpaired) electrons. The van der Waals surface area contributed by atoms with Crippen molar-refractivity contribution in [2.24, 2.45) is 0 Å². The third-order valence-electron chi connectivity index (χ3n) is 4.83. The summed E-state index contributed by atoms with van der Waals surface area (Å²) in [6, 6.07) is 9.87. The highest BCUT2D eigenvalue weighted by Gasteiger charge is 2.22. The molecule has 2 aromatic heterocycles. The maximum absolute atomic E-state index is 12.8. The number of aromatic nitrogens is 2. The van der Waals surface area contributed by atoms with Crippen molar-refractivity contribution in [2.75, 3.05) is 20.3 Å². The van der Waals surface area contributed by atoms with Crippen molar-refractivity contribution >= 4 is 27.5 Å². The predicted octanol–water partition coefficient (Wildman–Crippen LogP) is 2.87. The molecule has 3 aromatic rings. The van der Waals surface area contributed by atoms with Crippen LogP contribution in [0, 0.1) is 6.92 Å². The number of carbonyl (C=O) groups excluding carboxylic acids is 1. The quantitative estimate of drug-likeness (QED) is 0.449. The highest BCUT2D eigenvalue weighted by atomic mass is 32.1. The molecule has 1 aromatic carbocycles. The summed E-state index contributed by atoms with van der Waals surface area (Å²) in [5.74, 6) is 0.0166. The Labute approximate surface area is 190 Å². The summed E-state index contributed by atoms with van der Waals surface area (Å²) < 4.78 is 10.4. The largest absolute Gasteiger partial charge is 0.459 e. The Morgan fingerprint density at radius 3 is 2.62 bits per heavy atom. The summed E-state index contributed by atoms with van der Waals surface area (Å²) in [4.78, 5) is 35.6. The highest BCUT2D eigenvalue weighted by molar-refractivity contribution is 7.20. The maximum atomic E-state index is 12.8. The van der Waals surface area contributed by atoms with E-state index in [0.29, 0.717) is 46.1 Å². The molecule has 0 saturated carbocycles. The highest BCUT2D eigenvalue weighted by Crippen LogP contribution is 2.28. The van der Waals surface area contributed by atoms with E-state index in [1.54, 1.807) is 27.9 Å². The number of aliphatic hydroxyl groups is 1. The van der Waals surface area contributed by atoms with E-state index in [1.165, 1.54) is 0 Å². The molecule has 0 bridgehead atoms. The third kappa shape index (κ3) is 6.01. The van der Waals surface area contributed by atoms with Gasteiger partial charge in [-0.15, -0.1) is 11.3 Å². The SMILES string of the molecule is COC[C@@H](O)CN(Cc1ccccc1)Cc1nc2sc(C(=O)OC(C)C)c(C)c2c(=O)[nH]1. The molecule has 9 heteroatoms. The number of hydrogen-bond donors (Lipinski definition) is 2. The molecular formula is C23H29N3O5S. The van der Waals surface area contributed by atoms with E-state index in [2.05, 4.69) is 9.97 Å². The Morgan fingerprint density at radius 2 is 1.97 bits per heavy atom. The van der Waals surface area contributed by atoms with Crippen LogP contribution < -0.4 is 5.56 Å². The summed E-state index contributed by atoms with van der Waals surface area (Å²) in [5.41, 5.74) is 1.36. The Morgan fingerprint density at radius 1 is 1.25 bits per heavy atom. The van der Waals surface area contributed by atoms with Gasteiger partial charge in [-0.1, -0.05) is 30.3 Å². The van der Waals surface area contributed by atoms with E-state index in [4.69, 9.17) is 9.47 Å². The molecule has 3 rings (SSSR count). The fourth-order valence-corrected chi connectivity index (χ4v) is 4.59. The van der Waals surface area contributed by atoms with Gasteiger partial charge in [-0.25, -0.2) is 9.78 Å². The number of H-pyrrole nitrogens is 1. The summed E-state index contributed by atoms with van der Waals surface area (Å²) in [6.07, 6.45) is -0.931. The molecular weight excluding hydrogens is 430 g/mol. The van der Waals surface area contributed by atoms with Crippen molar-refractivity contribution in [1.82, 2.24) is 14.9 Å². The number of esters is 1. The standard InChI is InChI=1S/C23H29N3O5S/c1-14(2)31-23(29)20-15(3)19-21(28)24-18(25-22(19)32-20)12-26(11-17(27)13-30-4)10-16-8-6-5-7-9-16/h5-9,14,17,27H,10-13H2,1-4H3,(H,24,25,28)/t17-/m0/s1. The van der Waals surface area contributed by atoms with Gasteiger partial charge in [-0.05, 0) is 31.9 Å². The van der Waals surface area contributed by atoms with Crippen molar-refractivity contribution < 1.29 is 19.4 Å². The molecule has 0 unspecified atom stereocenters. The minimum atomic E-state index is -0.680. The van der Waals surface area contributed by atoms with E-state index >= 15 is 0 Å². The molecule has 32 heavy (non-hydrogen) atoms.